The van der Waals surface area contributed by atoms with Crippen molar-refractivity contribution >= 4 is 23.1 Å². The average molecular weight is 304 g/mol. The number of carbonyl (C=O) groups excluding carboxylic acids is 1. The number of rotatable bonds is 5. The number of carbonyl (C=O) groups is 1. The molecule has 1 heterocycles. The van der Waals surface area contributed by atoms with Crippen LogP contribution in [-0.2, 0) is 0 Å². The second-order valence-electron chi connectivity index (χ2n) is 4.91. The lowest BCUT2D eigenvalue weighted by molar-refractivity contribution is 0.128. The lowest BCUT2D eigenvalue weighted by Crippen LogP contribution is -2.37. The molecule has 2 rings (SSSR count). The first-order valence-corrected chi connectivity index (χ1v) is 7.87. The van der Waals surface area contributed by atoms with E-state index in [1.165, 1.54) is 11.3 Å². The average Bonchev–Trinajstić information content (AvgIpc) is 2.98. The van der Waals surface area contributed by atoms with Gasteiger partial charge in [0.05, 0.1) is 18.3 Å². The van der Waals surface area contributed by atoms with Gasteiger partial charge in [0.25, 0.3) is 0 Å². The summed E-state index contributed by atoms with van der Waals surface area (Å²) < 4.78 is 0. The van der Waals surface area contributed by atoms with E-state index in [-0.39, 0.29) is 12.6 Å². The van der Waals surface area contributed by atoms with Gasteiger partial charge in [-0.25, -0.2) is 4.79 Å². The summed E-state index contributed by atoms with van der Waals surface area (Å²) in [6.07, 6.45) is -0.682. The Morgan fingerprint density at radius 1 is 1.33 bits per heavy atom. The monoisotopic (exact) mass is 304 g/mol. The van der Waals surface area contributed by atoms with Crippen LogP contribution in [0, 0.1) is 6.92 Å². The number of benzene rings is 1. The number of nitrogens with one attached hydrogen (secondary N) is 1. The molecule has 21 heavy (non-hydrogen) atoms. The zero-order valence-corrected chi connectivity index (χ0v) is 13.1. The number of amides is 2. The molecule has 2 amide bonds. The van der Waals surface area contributed by atoms with Crippen molar-refractivity contribution in [2.24, 2.45) is 0 Å². The zero-order valence-electron chi connectivity index (χ0n) is 12.2. The molecule has 1 aromatic heterocycles. The minimum atomic E-state index is -0.682. The van der Waals surface area contributed by atoms with Crippen LogP contribution in [0.4, 0.5) is 10.5 Å². The number of hydrogen-bond donors (Lipinski definition) is 2. The van der Waals surface area contributed by atoms with Crippen molar-refractivity contribution in [2.45, 2.75) is 20.0 Å². The topological polar surface area (TPSA) is 52.6 Å². The Morgan fingerprint density at radius 3 is 2.62 bits per heavy atom. The van der Waals surface area contributed by atoms with E-state index in [1.54, 1.807) is 4.90 Å². The molecule has 1 aromatic carbocycles. The quantitative estimate of drug-likeness (QED) is 0.886. The molecule has 4 nitrogen and oxygen atoms in total. The molecule has 0 fully saturated rings. The summed E-state index contributed by atoms with van der Waals surface area (Å²) in [5.41, 5.74) is 2.75. The molecule has 5 heteroatoms. The highest BCUT2D eigenvalue weighted by molar-refractivity contribution is 7.08. The number of thiophene rings is 1. The van der Waals surface area contributed by atoms with E-state index < -0.39 is 6.10 Å². The first kappa shape index (κ1) is 15.5. The van der Waals surface area contributed by atoms with E-state index in [0.29, 0.717) is 6.54 Å². The van der Waals surface area contributed by atoms with E-state index >= 15 is 0 Å². The predicted molar refractivity (Wildman–Crippen MR) is 86.7 cm³/mol. The summed E-state index contributed by atoms with van der Waals surface area (Å²) in [5.74, 6) is 0. The fraction of sp³-hybridized carbons (Fsp3) is 0.312. The van der Waals surface area contributed by atoms with Gasteiger partial charge in [0.2, 0.25) is 0 Å². The van der Waals surface area contributed by atoms with Crippen molar-refractivity contribution < 1.29 is 9.90 Å². The number of likely N-dealkylation sites (N-methyl/N-ethyl adjacent to an activating group) is 1. The number of anilines is 1. The SMILES string of the molecule is CCN(CC(O)c1ccc(C)cc1)C(=O)Nc1ccsc1. The van der Waals surface area contributed by atoms with Crippen molar-refractivity contribution in [3.8, 4) is 0 Å². The van der Waals surface area contributed by atoms with Gasteiger partial charge in [-0.2, -0.15) is 11.3 Å². The maximum Gasteiger partial charge on any atom is 0.321 e. The molecular formula is C16H20N2O2S. The lowest BCUT2D eigenvalue weighted by Gasteiger charge is -2.24. The van der Waals surface area contributed by atoms with Crippen LogP contribution < -0.4 is 5.32 Å². The van der Waals surface area contributed by atoms with Gasteiger partial charge >= 0.3 is 6.03 Å². The van der Waals surface area contributed by atoms with E-state index in [4.69, 9.17) is 0 Å². The van der Waals surface area contributed by atoms with Gasteiger partial charge in [-0.3, -0.25) is 0 Å². The Kier molecular flexibility index (Phi) is 5.36. The Morgan fingerprint density at radius 2 is 2.05 bits per heavy atom. The Balaban J connectivity index is 1.97. The predicted octanol–water partition coefficient (Wildman–Crippen LogP) is 3.64. The highest BCUT2D eigenvalue weighted by atomic mass is 32.1. The van der Waals surface area contributed by atoms with E-state index in [1.807, 2.05) is 54.9 Å². The molecule has 0 saturated heterocycles. The molecular weight excluding hydrogens is 284 g/mol. The number of urea groups is 1. The largest absolute Gasteiger partial charge is 0.387 e. The summed E-state index contributed by atoms with van der Waals surface area (Å²) in [6.45, 7) is 4.71. The summed E-state index contributed by atoms with van der Waals surface area (Å²) in [6, 6.07) is 9.37. The van der Waals surface area contributed by atoms with Crippen LogP contribution in [-0.4, -0.2) is 29.1 Å². The molecule has 0 radical (unpaired) electrons. The highest BCUT2D eigenvalue weighted by Crippen LogP contribution is 2.17. The fourth-order valence-electron chi connectivity index (χ4n) is 2.00. The lowest BCUT2D eigenvalue weighted by atomic mass is 10.1. The molecule has 0 bridgehead atoms. The first-order chi connectivity index (χ1) is 10.1. The van der Waals surface area contributed by atoms with E-state index in [9.17, 15) is 9.90 Å². The third-order valence-electron chi connectivity index (χ3n) is 3.30. The van der Waals surface area contributed by atoms with Crippen LogP contribution in [0.2, 0.25) is 0 Å². The van der Waals surface area contributed by atoms with Crippen LogP contribution in [0.3, 0.4) is 0 Å². The molecule has 0 aliphatic heterocycles. The number of nitrogens with zero attached hydrogens (tertiary/aromatic N) is 1. The summed E-state index contributed by atoms with van der Waals surface area (Å²) >= 11 is 1.53. The highest BCUT2D eigenvalue weighted by Gasteiger charge is 2.17. The number of aryl methyl sites for hydroxylation is 1. The van der Waals surface area contributed by atoms with Gasteiger partial charge in [0.15, 0.2) is 0 Å². The van der Waals surface area contributed by atoms with Crippen LogP contribution in [0.15, 0.2) is 41.1 Å². The molecule has 1 atom stereocenters. The summed E-state index contributed by atoms with van der Waals surface area (Å²) in [7, 11) is 0. The van der Waals surface area contributed by atoms with Crippen LogP contribution >= 0.6 is 11.3 Å². The molecule has 0 aliphatic rings. The van der Waals surface area contributed by atoms with Gasteiger partial charge in [-0.15, -0.1) is 0 Å². The molecule has 0 saturated carbocycles. The molecule has 0 spiro atoms. The fourth-order valence-corrected chi connectivity index (χ4v) is 2.58. The Hall–Kier alpha value is -1.85. The number of aliphatic hydroxyl groups is 1. The minimum Gasteiger partial charge on any atom is -0.387 e. The third-order valence-corrected chi connectivity index (χ3v) is 3.98. The zero-order chi connectivity index (χ0) is 15.2. The summed E-state index contributed by atoms with van der Waals surface area (Å²) in [4.78, 5) is 13.8. The second-order valence-corrected chi connectivity index (χ2v) is 5.69. The third kappa shape index (κ3) is 4.31. The van der Waals surface area contributed by atoms with Gasteiger partial charge < -0.3 is 15.3 Å². The van der Waals surface area contributed by atoms with Crippen molar-refractivity contribution in [1.82, 2.24) is 4.90 Å². The molecule has 112 valence electrons. The Bertz CT molecular complexity index is 566. The van der Waals surface area contributed by atoms with Crippen LogP contribution in [0.5, 0.6) is 0 Å². The van der Waals surface area contributed by atoms with Gasteiger partial charge in [0.1, 0.15) is 0 Å². The molecule has 0 aliphatic carbocycles. The smallest absolute Gasteiger partial charge is 0.321 e. The maximum absolute atomic E-state index is 12.2. The second kappa shape index (κ2) is 7.24. The van der Waals surface area contributed by atoms with Crippen molar-refractivity contribution in [3.63, 3.8) is 0 Å². The first-order valence-electron chi connectivity index (χ1n) is 6.93. The number of aliphatic hydroxyl groups excluding tert-OH is 1. The van der Waals surface area contributed by atoms with Crippen molar-refractivity contribution in [1.29, 1.82) is 0 Å². The summed E-state index contributed by atoms with van der Waals surface area (Å²) in [5, 5.41) is 16.9. The van der Waals surface area contributed by atoms with Crippen molar-refractivity contribution in [2.75, 3.05) is 18.4 Å². The van der Waals surface area contributed by atoms with Gasteiger partial charge in [-0.05, 0) is 30.9 Å². The normalized spacial score (nSPS) is 12.0. The van der Waals surface area contributed by atoms with E-state index in [2.05, 4.69) is 5.32 Å². The van der Waals surface area contributed by atoms with Gasteiger partial charge in [-0.1, -0.05) is 29.8 Å². The molecule has 2 N–H and O–H groups in total. The van der Waals surface area contributed by atoms with Crippen LogP contribution in [0.1, 0.15) is 24.2 Å². The molecule has 2 aromatic rings. The Labute approximate surface area is 129 Å². The maximum atomic E-state index is 12.2. The standard InChI is InChI=1S/C16H20N2O2S/c1-3-18(16(20)17-14-8-9-21-11-14)10-15(19)13-6-4-12(2)5-7-13/h4-9,11,15,19H,3,10H2,1-2H3,(H,17,20). The van der Waals surface area contributed by atoms with Crippen molar-refractivity contribution in [3.05, 3.63) is 52.2 Å². The minimum absolute atomic E-state index is 0.193. The van der Waals surface area contributed by atoms with Gasteiger partial charge in [0, 0.05) is 11.9 Å². The number of hydrogen-bond acceptors (Lipinski definition) is 3. The molecule has 1 unspecified atom stereocenters. The van der Waals surface area contributed by atoms with E-state index in [0.717, 1.165) is 16.8 Å². The van der Waals surface area contributed by atoms with Crippen LogP contribution in [0.25, 0.3) is 0 Å².